The number of nitrogens with one attached hydrogen (secondary N) is 4. The molecule has 1 saturated heterocycles. The van der Waals surface area contributed by atoms with Gasteiger partial charge in [-0.2, -0.15) is 18.3 Å². The lowest BCUT2D eigenvalue weighted by molar-refractivity contribution is -0.139. The third-order valence-electron chi connectivity index (χ3n) is 10.2. The molecule has 0 radical (unpaired) electrons. The number of aliphatic hydroxyl groups is 1. The van der Waals surface area contributed by atoms with Crippen LogP contribution in [0.5, 0.6) is 0 Å². The predicted octanol–water partition coefficient (Wildman–Crippen LogP) is 2.90. The van der Waals surface area contributed by atoms with Gasteiger partial charge in [0.05, 0.1) is 37.4 Å². The van der Waals surface area contributed by atoms with Gasteiger partial charge in [-0.05, 0) is 67.3 Å². The van der Waals surface area contributed by atoms with E-state index in [1.807, 2.05) is 6.07 Å². The van der Waals surface area contributed by atoms with E-state index in [0.717, 1.165) is 16.7 Å². The zero-order chi connectivity index (χ0) is 46.3. The van der Waals surface area contributed by atoms with Crippen LogP contribution in [0.3, 0.4) is 0 Å². The van der Waals surface area contributed by atoms with Gasteiger partial charge in [0, 0.05) is 48.0 Å². The maximum atomic E-state index is 13.1. The first kappa shape index (κ1) is 45.5. The molecule has 2 aromatic carbocycles. The highest BCUT2D eigenvalue weighted by Gasteiger charge is 2.45. The minimum absolute atomic E-state index is 0.0574. The number of benzene rings is 2. The van der Waals surface area contributed by atoms with E-state index in [2.05, 4.69) is 36.3 Å². The molecule has 20 nitrogen and oxygen atoms in total. The fourth-order valence-corrected chi connectivity index (χ4v) is 7.09. The second kappa shape index (κ2) is 19.9. The summed E-state index contributed by atoms with van der Waals surface area (Å²) in [7, 11) is 0. The number of aryl methyl sites for hydroxylation is 1. The quantitative estimate of drug-likeness (QED) is 0.0514. The van der Waals surface area contributed by atoms with Gasteiger partial charge in [-0.1, -0.05) is 12.1 Å². The summed E-state index contributed by atoms with van der Waals surface area (Å²) in [6.45, 7) is 0.0280. The van der Waals surface area contributed by atoms with Crippen molar-refractivity contribution in [2.45, 2.75) is 44.1 Å². The first-order valence-electron chi connectivity index (χ1n) is 20.1. The van der Waals surface area contributed by atoms with Crippen LogP contribution in [0.4, 0.5) is 24.7 Å². The highest BCUT2D eigenvalue weighted by molar-refractivity contribution is 6.07. The summed E-state index contributed by atoms with van der Waals surface area (Å²) >= 11 is 0. The first-order valence-corrected chi connectivity index (χ1v) is 20.1. The van der Waals surface area contributed by atoms with Gasteiger partial charge in [-0.3, -0.25) is 39.0 Å². The molecule has 0 aliphatic carbocycles. The van der Waals surface area contributed by atoms with Gasteiger partial charge in [-0.25, -0.2) is 14.6 Å². The zero-order valence-corrected chi connectivity index (χ0v) is 34.2. The van der Waals surface area contributed by atoms with Crippen LogP contribution in [0.25, 0.3) is 17.1 Å². The molecule has 2 aliphatic heterocycles. The molecule has 340 valence electrons. The number of piperidine rings is 1. The van der Waals surface area contributed by atoms with Crippen LogP contribution >= 0.6 is 0 Å². The van der Waals surface area contributed by atoms with Crippen LogP contribution in [0, 0.1) is 0 Å². The maximum Gasteiger partial charge on any atom is 0.405 e. The molecule has 0 spiro atoms. The summed E-state index contributed by atoms with van der Waals surface area (Å²) < 4.78 is 55.7. The number of nitrogens with zero attached hydrogens (tertiary/aromatic N) is 5. The molecule has 2 aliphatic rings. The number of halogens is 3. The Morgan fingerprint density at radius 1 is 1.00 bits per heavy atom. The van der Waals surface area contributed by atoms with Crippen LogP contribution in [0.1, 0.15) is 78.3 Å². The number of rotatable bonds is 19. The van der Waals surface area contributed by atoms with Gasteiger partial charge >= 0.3 is 6.18 Å². The highest BCUT2D eigenvalue weighted by Crippen LogP contribution is 2.37. The van der Waals surface area contributed by atoms with Crippen LogP contribution in [-0.2, 0) is 25.5 Å². The Hall–Kier alpha value is -7.50. The number of primary amides is 1. The number of carbonyl (C=O) groups is 6. The second-order valence-corrected chi connectivity index (χ2v) is 14.7. The van der Waals surface area contributed by atoms with Gasteiger partial charge in [0.15, 0.2) is 17.6 Å². The van der Waals surface area contributed by atoms with Gasteiger partial charge in [0.2, 0.25) is 17.7 Å². The van der Waals surface area contributed by atoms with E-state index in [1.54, 1.807) is 24.3 Å². The number of carbonyl (C=O) groups excluding carboxylic acids is 6. The minimum Gasteiger partial charge on any atom is -0.444 e. The standard InChI is InChI=1S/C42H41F3N10O10/c43-42(44,45)22-49-31-19-25(12-13-47-31)39-51-29(21-65-39)37(59)50-28-20-54(53-34(28)35(46)57)26-8-6-24(7-9-26)36(58)48-14-16-64-18-17-63-15-2-4-23-3-1-5-27-33(23)41(62)55(40(27)61)30-10-11-32(56)52-38(30)60/h1,3,5-9,12-13,19-21,30,41,62H,2,4,10-11,14-18,22H2,(H2,46,57)(H,47,49)(H,48,58)(H,50,59)(H,52,56,60). The summed E-state index contributed by atoms with van der Waals surface area (Å²) in [5.74, 6) is -3.78. The third-order valence-corrected chi connectivity index (χ3v) is 10.2. The number of fused-ring (bicyclic) bond motifs is 1. The average molecular weight is 903 g/mol. The Balaban J connectivity index is 0.818. The summed E-state index contributed by atoms with van der Waals surface area (Å²) in [6.07, 6.45) is -0.871. The molecular formula is C42H41F3N10O10. The molecular weight excluding hydrogens is 862 g/mol. The molecule has 5 aromatic rings. The van der Waals surface area contributed by atoms with Crippen molar-refractivity contribution in [3.8, 4) is 17.1 Å². The highest BCUT2D eigenvalue weighted by atomic mass is 19.4. The number of oxazole rings is 1. The number of aliphatic hydroxyl groups excluding tert-OH is 1. The smallest absolute Gasteiger partial charge is 0.405 e. The summed E-state index contributed by atoms with van der Waals surface area (Å²) in [6, 6.07) is 13.1. The number of nitrogens with two attached hydrogens (primary N) is 1. The number of aromatic nitrogens is 4. The van der Waals surface area contributed by atoms with Gasteiger partial charge in [0.1, 0.15) is 24.7 Å². The van der Waals surface area contributed by atoms with Crippen LogP contribution < -0.4 is 27.0 Å². The van der Waals surface area contributed by atoms with Crippen molar-refractivity contribution in [3.63, 3.8) is 0 Å². The van der Waals surface area contributed by atoms with Crippen molar-refractivity contribution >= 4 is 46.9 Å². The second-order valence-electron chi connectivity index (χ2n) is 14.7. The molecule has 7 N–H and O–H groups in total. The first-order chi connectivity index (χ1) is 31.2. The topological polar surface area (TPSA) is 275 Å². The van der Waals surface area contributed by atoms with E-state index in [9.17, 15) is 47.0 Å². The molecule has 0 bridgehead atoms. The number of imide groups is 1. The molecule has 65 heavy (non-hydrogen) atoms. The van der Waals surface area contributed by atoms with Crippen molar-refractivity contribution in [3.05, 3.63) is 107 Å². The molecule has 23 heteroatoms. The number of hydrogen-bond acceptors (Lipinski definition) is 14. The largest absolute Gasteiger partial charge is 0.444 e. The van der Waals surface area contributed by atoms with E-state index >= 15 is 0 Å². The van der Waals surface area contributed by atoms with E-state index in [1.165, 1.54) is 41.3 Å². The van der Waals surface area contributed by atoms with Crippen molar-refractivity contribution in [1.29, 1.82) is 0 Å². The number of anilines is 2. The maximum absolute atomic E-state index is 13.1. The van der Waals surface area contributed by atoms with Crippen LogP contribution in [0.2, 0.25) is 0 Å². The molecule has 6 amide bonds. The number of alkyl halides is 3. The van der Waals surface area contributed by atoms with E-state index in [-0.39, 0.29) is 79.5 Å². The van der Waals surface area contributed by atoms with E-state index in [4.69, 9.17) is 19.6 Å². The Labute approximate surface area is 366 Å². The molecule has 2 unspecified atom stereocenters. The van der Waals surface area contributed by atoms with Crippen LogP contribution in [0.15, 0.2) is 77.7 Å². The molecule has 2 atom stereocenters. The van der Waals surface area contributed by atoms with Gasteiger partial charge in [-0.15, -0.1) is 0 Å². The fraction of sp³-hybridized carbons (Fsp3) is 0.310. The normalized spacial score (nSPS) is 16.0. The van der Waals surface area contributed by atoms with Crippen molar-refractivity contribution < 1.29 is 60.9 Å². The molecule has 3 aromatic heterocycles. The predicted molar refractivity (Wildman–Crippen MR) is 220 cm³/mol. The Kier molecular flexibility index (Phi) is 13.9. The number of hydrogen-bond donors (Lipinski definition) is 6. The zero-order valence-electron chi connectivity index (χ0n) is 34.2. The molecule has 7 rings (SSSR count). The van der Waals surface area contributed by atoms with Crippen molar-refractivity contribution in [2.24, 2.45) is 5.73 Å². The van der Waals surface area contributed by atoms with Crippen molar-refractivity contribution in [1.82, 2.24) is 35.3 Å². The molecule has 0 saturated carbocycles. The van der Waals surface area contributed by atoms with E-state index in [0.29, 0.717) is 41.8 Å². The monoisotopic (exact) mass is 902 g/mol. The van der Waals surface area contributed by atoms with Gasteiger partial charge < -0.3 is 40.7 Å². The minimum atomic E-state index is -4.47. The lowest BCUT2D eigenvalue weighted by Gasteiger charge is -2.32. The number of pyridine rings is 1. The Bertz CT molecular complexity index is 2600. The summed E-state index contributed by atoms with van der Waals surface area (Å²) in [5.41, 5.74) is 7.48. The molecule has 1 fully saturated rings. The van der Waals surface area contributed by atoms with Crippen LogP contribution in [-0.4, -0.2) is 117 Å². The fourth-order valence-electron chi connectivity index (χ4n) is 7.09. The summed E-state index contributed by atoms with van der Waals surface area (Å²) in [4.78, 5) is 84.2. The average Bonchev–Trinajstić information content (AvgIpc) is 4.01. The third kappa shape index (κ3) is 11.0. The van der Waals surface area contributed by atoms with E-state index < -0.39 is 54.5 Å². The van der Waals surface area contributed by atoms with Crippen molar-refractivity contribution in [2.75, 3.05) is 50.2 Å². The Morgan fingerprint density at radius 3 is 2.51 bits per heavy atom. The number of ether oxygens (including phenoxy) is 2. The van der Waals surface area contributed by atoms with Gasteiger partial charge in [0.25, 0.3) is 23.6 Å². The summed E-state index contributed by atoms with van der Waals surface area (Å²) in [5, 5.41) is 24.9. The SMILES string of the molecule is NC(=O)c1nn(-c2ccc(C(=O)NCCOCCOCCCc3cccc4c3C(O)N(C3CCC(=O)NC3=O)C4=O)cc2)cc1NC(=O)c1coc(-c2ccnc(NCC(F)(F)F)c2)n1. The lowest BCUT2D eigenvalue weighted by atomic mass is 9.98. The Morgan fingerprint density at radius 2 is 1.77 bits per heavy atom. The lowest BCUT2D eigenvalue weighted by Crippen LogP contribution is -2.53. The molecule has 5 heterocycles. The number of amides is 6.